The number of carboxylic acids is 1. The molecule has 0 radical (unpaired) electrons. The van der Waals surface area contributed by atoms with Crippen molar-refractivity contribution >= 4 is 5.97 Å². The second kappa shape index (κ2) is 6.43. The lowest BCUT2D eigenvalue weighted by atomic mass is 10.1. The van der Waals surface area contributed by atoms with E-state index in [9.17, 15) is 4.79 Å². The summed E-state index contributed by atoms with van der Waals surface area (Å²) in [6.07, 6.45) is 0.755. The third-order valence-corrected chi connectivity index (χ3v) is 2.70. The van der Waals surface area contributed by atoms with Crippen LogP contribution in [0.1, 0.15) is 5.56 Å². The third-order valence-electron chi connectivity index (χ3n) is 2.70. The summed E-state index contributed by atoms with van der Waals surface area (Å²) in [4.78, 5) is 10.9. The van der Waals surface area contributed by atoms with Gasteiger partial charge >= 0.3 is 5.97 Å². The quantitative estimate of drug-likeness (QED) is 0.644. The molecule has 2 aromatic rings. The van der Waals surface area contributed by atoms with E-state index in [4.69, 9.17) is 14.9 Å². The minimum Gasteiger partial charge on any atom is -0.515 e. The van der Waals surface area contributed by atoms with Crippen LogP contribution < -0.4 is 4.74 Å². The third kappa shape index (κ3) is 3.62. The van der Waals surface area contributed by atoms with Gasteiger partial charge in [0.15, 0.2) is 0 Å². The molecule has 0 spiro atoms. The number of aliphatic carboxylic acids is 1. The molecule has 2 N–H and O–H groups in total. The minimum absolute atomic E-state index is 0.0677. The van der Waals surface area contributed by atoms with Crippen molar-refractivity contribution in [1.29, 1.82) is 0 Å². The summed E-state index contributed by atoms with van der Waals surface area (Å²) in [5.41, 5.74) is 0.683. The highest BCUT2D eigenvalue weighted by Crippen LogP contribution is 2.22. The fourth-order valence-corrected chi connectivity index (χ4v) is 1.74. The molecule has 0 aliphatic rings. The van der Waals surface area contributed by atoms with Gasteiger partial charge in [-0.1, -0.05) is 30.3 Å². The number of hydrogen-bond acceptors (Lipinski definition) is 3. The molecule has 4 nitrogen and oxygen atoms in total. The zero-order valence-corrected chi connectivity index (χ0v) is 10.7. The molecule has 0 heterocycles. The molecule has 0 amide bonds. The van der Waals surface area contributed by atoms with Gasteiger partial charge < -0.3 is 14.9 Å². The lowest BCUT2D eigenvalue weighted by Gasteiger charge is -2.07. The predicted octanol–water partition coefficient (Wildman–Crippen LogP) is 3.55. The SMILES string of the molecule is O=C(O)/C(=C/O)Cc1cccc(Oc2ccccc2)c1. The van der Waals surface area contributed by atoms with Gasteiger partial charge in [0.2, 0.25) is 0 Å². The Morgan fingerprint density at radius 1 is 1.05 bits per heavy atom. The van der Waals surface area contributed by atoms with Crippen molar-refractivity contribution in [3.05, 3.63) is 72.0 Å². The van der Waals surface area contributed by atoms with Gasteiger partial charge in [0.05, 0.1) is 11.8 Å². The van der Waals surface area contributed by atoms with E-state index in [-0.39, 0.29) is 12.0 Å². The highest BCUT2D eigenvalue weighted by Gasteiger charge is 2.09. The zero-order chi connectivity index (χ0) is 14.4. The fourth-order valence-electron chi connectivity index (χ4n) is 1.74. The molecule has 0 aliphatic heterocycles. The summed E-state index contributed by atoms with van der Waals surface area (Å²) < 4.78 is 5.67. The lowest BCUT2D eigenvalue weighted by molar-refractivity contribution is -0.132. The molecule has 0 aromatic heterocycles. The normalized spacial score (nSPS) is 11.1. The average Bonchev–Trinajstić information content (AvgIpc) is 2.46. The number of rotatable bonds is 5. The first-order valence-corrected chi connectivity index (χ1v) is 6.07. The molecular weight excluding hydrogens is 256 g/mol. The Labute approximate surface area is 116 Å². The van der Waals surface area contributed by atoms with E-state index in [1.165, 1.54) is 0 Å². The predicted molar refractivity (Wildman–Crippen MR) is 75.0 cm³/mol. The minimum atomic E-state index is -1.14. The van der Waals surface area contributed by atoms with Crippen LogP contribution in [-0.4, -0.2) is 16.2 Å². The van der Waals surface area contributed by atoms with Crippen molar-refractivity contribution in [1.82, 2.24) is 0 Å². The second-order valence-electron chi connectivity index (χ2n) is 4.20. The maximum absolute atomic E-state index is 10.9. The van der Waals surface area contributed by atoms with Crippen LogP contribution in [0.3, 0.4) is 0 Å². The fraction of sp³-hybridized carbons (Fsp3) is 0.0625. The zero-order valence-electron chi connectivity index (χ0n) is 10.7. The monoisotopic (exact) mass is 270 g/mol. The standard InChI is InChI=1S/C16H14O4/c17-11-13(16(18)19)9-12-5-4-8-15(10-12)20-14-6-2-1-3-7-14/h1-8,10-11,17H,9H2,(H,18,19)/b13-11+. The van der Waals surface area contributed by atoms with Crippen LogP contribution in [0, 0.1) is 0 Å². The summed E-state index contributed by atoms with van der Waals surface area (Å²) in [7, 11) is 0. The molecule has 20 heavy (non-hydrogen) atoms. The number of carboxylic acid groups (broad SMARTS) is 1. The highest BCUT2D eigenvalue weighted by molar-refractivity contribution is 5.86. The summed E-state index contributed by atoms with van der Waals surface area (Å²) in [5, 5.41) is 17.8. The first kappa shape index (κ1) is 13.7. The van der Waals surface area contributed by atoms with Crippen LogP contribution >= 0.6 is 0 Å². The Bertz CT molecular complexity index is 617. The summed E-state index contributed by atoms with van der Waals surface area (Å²) in [5.74, 6) is 0.194. The van der Waals surface area contributed by atoms with Crippen molar-refractivity contribution in [3.8, 4) is 11.5 Å². The number of carbonyl (C=O) groups is 1. The average molecular weight is 270 g/mol. The van der Waals surface area contributed by atoms with Gasteiger partial charge in [-0.15, -0.1) is 0 Å². The Morgan fingerprint density at radius 3 is 2.40 bits per heavy atom. The number of hydrogen-bond donors (Lipinski definition) is 2. The maximum atomic E-state index is 10.9. The molecule has 0 bridgehead atoms. The van der Waals surface area contributed by atoms with E-state index < -0.39 is 5.97 Å². The van der Waals surface area contributed by atoms with Crippen LogP contribution in [0.5, 0.6) is 11.5 Å². The van der Waals surface area contributed by atoms with Crippen LogP contribution in [0.4, 0.5) is 0 Å². The first-order valence-electron chi connectivity index (χ1n) is 6.07. The molecular formula is C16H14O4. The van der Waals surface area contributed by atoms with Crippen molar-refractivity contribution in [2.45, 2.75) is 6.42 Å². The van der Waals surface area contributed by atoms with Gasteiger partial charge in [-0.05, 0) is 29.8 Å². The number of aliphatic hydroxyl groups excluding tert-OH is 1. The number of benzene rings is 2. The van der Waals surface area contributed by atoms with Gasteiger partial charge in [-0.2, -0.15) is 0 Å². The molecule has 2 rings (SSSR count). The van der Waals surface area contributed by atoms with Crippen molar-refractivity contribution in [2.75, 3.05) is 0 Å². The molecule has 0 saturated heterocycles. The summed E-state index contributed by atoms with van der Waals surface area (Å²) in [6, 6.07) is 16.4. The van der Waals surface area contributed by atoms with Crippen molar-refractivity contribution in [3.63, 3.8) is 0 Å². The van der Waals surface area contributed by atoms with Crippen LogP contribution in [-0.2, 0) is 11.2 Å². The Hall–Kier alpha value is -2.75. The van der Waals surface area contributed by atoms with Crippen LogP contribution in [0.25, 0.3) is 0 Å². The highest BCUT2D eigenvalue weighted by atomic mass is 16.5. The largest absolute Gasteiger partial charge is 0.515 e. The first-order chi connectivity index (χ1) is 9.69. The van der Waals surface area contributed by atoms with Gasteiger partial charge in [0, 0.05) is 6.42 Å². The van der Waals surface area contributed by atoms with Gasteiger partial charge in [0.25, 0.3) is 0 Å². The van der Waals surface area contributed by atoms with E-state index in [0.29, 0.717) is 17.8 Å². The van der Waals surface area contributed by atoms with Crippen molar-refractivity contribution < 1.29 is 19.7 Å². The van der Waals surface area contributed by atoms with Gasteiger partial charge in [-0.25, -0.2) is 4.79 Å². The molecule has 4 heteroatoms. The Balaban J connectivity index is 2.14. The summed E-state index contributed by atoms with van der Waals surface area (Å²) in [6.45, 7) is 0. The lowest BCUT2D eigenvalue weighted by Crippen LogP contribution is -2.04. The van der Waals surface area contributed by atoms with Crippen molar-refractivity contribution in [2.24, 2.45) is 0 Å². The number of aliphatic hydroxyl groups is 1. The van der Waals surface area contributed by atoms with E-state index in [2.05, 4.69) is 0 Å². The molecule has 0 unspecified atom stereocenters. The molecule has 2 aromatic carbocycles. The molecule has 0 atom stereocenters. The summed E-state index contributed by atoms with van der Waals surface area (Å²) >= 11 is 0. The maximum Gasteiger partial charge on any atom is 0.335 e. The Morgan fingerprint density at radius 2 is 1.75 bits per heavy atom. The molecule has 0 aliphatic carbocycles. The molecule has 102 valence electrons. The van der Waals surface area contributed by atoms with Gasteiger partial charge in [-0.3, -0.25) is 0 Å². The van der Waals surface area contributed by atoms with E-state index >= 15 is 0 Å². The Kier molecular flexibility index (Phi) is 4.39. The van der Waals surface area contributed by atoms with E-state index in [1.807, 2.05) is 30.3 Å². The molecule has 0 fully saturated rings. The van der Waals surface area contributed by atoms with E-state index in [1.54, 1.807) is 24.3 Å². The number of para-hydroxylation sites is 1. The smallest absolute Gasteiger partial charge is 0.335 e. The second-order valence-corrected chi connectivity index (χ2v) is 4.20. The van der Waals surface area contributed by atoms with E-state index in [0.717, 1.165) is 5.56 Å². The van der Waals surface area contributed by atoms with Crippen LogP contribution in [0.2, 0.25) is 0 Å². The number of ether oxygens (including phenoxy) is 1. The van der Waals surface area contributed by atoms with Crippen LogP contribution in [0.15, 0.2) is 66.4 Å². The van der Waals surface area contributed by atoms with Gasteiger partial charge in [0.1, 0.15) is 11.5 Å². The topological polar surface area (TPSA) is 66.8 Å². The molecule has 0 saturated carbocycles.